The minimum absolute atomic E-state index is 0.00884. The van der Waals surface area contributed by atoms with Crippen molar-refractivity contribution in [1.82, 2.24) is 4.98 Å². The number of esters is 1. The smallest absolute Gasteiger partial charge is 0.338 e. The molecule has 1 unspecified atom stereocenters. The largest absolute Gasteiger partial charge is 0.463 e. The third-order valence-corrected chi connectivity index (χ3v) is 4.93. The molecular weight excluding hydrogens is 390 g/mol. The number of carbonyl (C=O) groups excluding carboxylic acids is 1. The Hall–Kier alpha value is -3.30. The van der Waals surface area contributed by atoms with Crippen LogP contribution in [0.2, 0.25) is 0 Å². The Bertz CT molecular complexity index is 1020. The Morgan fingerprint density at radius 1 is 1.31 bits per heavy atom. The maximum Gasteiger partial charge on any atom is 0.338 e. The minimum atomic E-state index is -0.659. The van der Waals surface area contributed by atoms with Crippen LogP contribution in [0.1, 0.15) is 30.9 Å². The van der Waals surface area contributed by atoms with E-state index in [1.807, 2.05) is 36.4 Å². The number of nitrogens with zero attached hydrogens (tertiary/aromatic N) is 2. The second-order valence-electron chi connectivity index (χ2n) is 6.42. The maximum absolute atomic E-state index is 12.6. The summed E-state index contributed by atoms with van der Waals surface area (Å²) in [5, 5.41) is 9.63. The van der Waals surface area contributed by atoms with Crippen molar-refractivity contribution in [1.29, 1.82) is 5.26 Å². The van der Waals surface area contributed by atoms with Gasteiger partial charge in [0.1, 0.15) is 17.4 Å². The van der Waals surface area contributed by atoms with E-state index >= 15 is 0 Å². The Morgan fingerprint density at radius 3 is 2.59 bits per heavy atom. The van der Waals surface area contributed by atoms with E-state index in [2.05, 4.69) is 11.1 Å². The average Bonchev–Trinajstić information content (AvgIpc) is 2.73. The number of hydrogen-bond acceptors (Lipinski definition) is 6. The number of allylic oxidation sites excluding steroid dienone is 2. The molecule has 0 saturated heterocycles. The zero-order valence-corrected chi connectivity index (χ0v) is 16.9. The molecule has 0 bridgehead atoms. The first-order chi connectivity index (χ1) is 14.0. The lowest BCUT2D eigenvalue weighted by Crippen LogP contribution is -2.25. The second kappa shape index (κ2) is 8.80. The van der Waals surface area contributed by atoms with Crippen molar-refractivity contribution in [2.75, 3.05) is 6.61 Å². The number of carbonyl (C=O) groups is 1. The molecule has 1 aliphatic rings. The van der Waals surface area contributed by atoms with E-state index in [9.17, 15) is 10.1 Å². The third-order valence-electron chi connectivity index (χ3n) is 4.62. The molecule has 2 aromatic rings. The standard InChI is InChI=1S/C22H20ClN3O3/c1-3-28-22(27)19-13(2)29-21(25)17(11-24)20(19)16-7-5-15(6-8-16)18-9-4-14(10-23)12-26-18/h4-9,12,20H,3,10,25H2,1-2H3. The predicted molar refractivity (Wildman–Crippen MR) is 109 cm³/mol. The zero-order valence-electron chi connectivity index (χ0n) is 16.1. The molecule has 2 N–H and O–H groups in total. The van der Waals surface area contributed by atoms with Gasteiger partial charge < -0.3 is 15.2 Å². The number of ether oxygens (including phenoxy) is 2. The Kier molecular flexibility index (Phi) is 6.20. The normalized spacial score (nSPS) is 16.3. The average molecular weight is 410 g/mol. The lowest BCUT2D eigenvalue weighted by atomic mass is 9.82. The van der Waals surface area contributed by atoms with Crippen LogP contribution in [0.25, 0.3) is 11.3 Å². The molecule has 0 saturated carbocycles. The monoisotopic (exact) mass is 409 g/mol. The van der Waals surface area contributed by atoms with Crippen LogP contribution in [0.5, 0.6) is 0 Å². The summed E-state index contributed by atoms with van der Waals surface area (Å²) in [5.74, 6) is -0.466. The maximum atomic E-state index is 12.6. The number of benzene rings is 1. The molecule has 29 heavy (non-hydrogen) atoms. The zero-order chi connectivity index (χ0) is 21.0. The van der Waals surface area contributed by atoms with Gasteiger partial charge in [-0.15, -0.1) is 11.6 Å². The van der Waals surface area contributed by atoms with Gasteiger partial charge in [-0.25, -0.2) is 4.79 Å². The molecule has 0 aliphatic carbocycles. The van der Waals surface area contributed by atoms with Gasteiger partial charge in [0, 0.05) is 17.6 Å². The molecule has 0 amide bonds. The number of aromatic nitrogens is 1. The Labute approximate surface area is 174 Å². The summed E-state index contributed by atoms with van der Waals surface area (Å²) >= 11 is 5.81. The van der Waals surface area contributed by atoms with Gasteiger partial charge in [-0.3, -0.25) is 4.98 Å². The van der Waals surface area contributed by atoms with E-state index in [-0.39, 0.29) is 23.6 Å². The lowest BCUT2D eigenvalue weighted by molar-refractivity contribution is -0.139. The van der Waals surface area contributed by atoms with Crippen molar-refractivity contribution in [3.05, 3.63) is 76.5 Å². The van der Waals surface area contributed by atoms with Crippen LogP contribution >= 0.6 is 11.6 Å². The molecule has 0 spiro atoms. The number of pyridine rings is 1. The topological polar surface area (TPSA) is 98.2 Å². The van der Waals surface area contributed by atoms with Gasteiger partial charge in [0.2, 0.25) is 5.88 Å². The Morgan fingerprint density at radius 2 is 2.03 bits per heavy atom. The highest BCUT2D eigenvalue weighted by Gasteiger charge is 2.36. The van der Waals surface area contributed by atoms with Gasteiger partial charge in [-0.2, -0.15) is 5.26 Å². The van der Waals surface area contributed by atoms with E-state index in [0.717, 1.165) is 22.4 Å². The molecular formula is C22H20ClN3O3. The molecule has 3 rings (SSSR count). The van der Waals surface area contributed by atoms with Crippen molar-refractivity contribution < 1.29 is 14.3 Å². The molecule has 6 nitrogen and oxygen atoms in total. The molecule has 0 radical (unpaired) electrons. The van der Waals surface area contributed by atoms with Crippen LogP contribution in [0.4, 0.5) is 0 Å². The summed E-state index contributed by atoms with van der Waals surface area (Å²) in [4.78, 5) is 17.0. The SMILES string of the molecule is CCOC(=O)C1=C(C)OC(N)=C(C#N)C1c1ccc(-c2ccc(CCl)cn2)cc1. The quantitative estimate of drug-likeness (QED) is 0.588. The number of hydrogen-bond donors (Lipinski definition) is 1. The molecule has 1 atom stereocenters. The highest BCUT2D eigenvalue weighted by Crippen LogP contribution is 2.40. The predicted octanol–water partition coefficient (Wildman–Crippen LogP) is 4.13. The minimum Gasteiger partial charge on any atom is -0.463 e. The van der Waals surface area contributed by atoms with Gasteiger partial charge in [-0.05, 0) is 31.0 Å². The summed E-state index contributed by atoms with van der Waals surface area (Å²) < 4.78 is 10.6. The molecule has 0 fully saturated rings. The molecule has 1 aliphatic heterocycles. The van der Waals surface area contributed by atoms with E-state index in [1.54, 1.807) is 20.0 Å². The number of nitriles is 1. The van der Waals surface area contributed by atoms with Gasteiger partial charge in [0.05, 0.1) is 23.8 Å². The van der Waals surface area contributed by atoms with Crippen LogP contribution in [-0.4, -0.2) is 17.6 Å². The van der Waals surface area contributed by atoms with Crippen molar-refractivity contribution in [2.45, 2.75) is 25.6 Å². The molecule has 2 heterocycles. The molecule has 1 aromatic heterocycles. The fourth-order valence-corrected chi connectivity index (χ4v) is 3.37. The van der Waals surface area contributed by atoms with E-state index in [1.165, 1.54) is 0 Å². The van der Waals surface area contributed by atoms with E-state index in [0.29, 0.717) is 11.6 Å². The summed E-state index contributed by atoms with van der Waals surface area (Å²) in [6.07, 6.45) is 1.73. The molecule has 1 aromatic carbocycles. The summed E-state index contributed by atoms with van der Waals surface area (Å²) in [5.41, 5.74) is 9.74. The van der Waals surface area contributed by atoms with Crippen LogP contribution in [0.3, 0.4) is 0 Å². The van der Waals surface area contributed by atoms with Crippen LogP contribution in [-0.2, 0) is 20.1 Å². The number of nitrogens with two attached hydrogens (primary N) is 1. The first kappa shape index (κ1) is 20.4. The fraction of sp³-hybridized carbons (Fsp3) is 0.227. The van der Waals surface area contributed by atoms with Gasteiger partial charge in [0.15, 0.2) is 0 Å². The van der Waals surface area contributed by atoms with Gasteiger partial charge >= 0.3 is 5.97 Å². The van der Waals surface area contributed by atoms with E-state index in [4.69, 9.17) is 26.8 Å². The summed E-state index contributed by atoms with van der Waals surface area (Å²) in [7, 11) is 0. The van der Waals surface area contributed by atoms with Crippen LogP contribution < -0.4 is 5.73 Å². The molecule has 7 heteroatoms. The number of rotatable bonds is 5. The summed E-state index contributed by atoms with van der Waals surface area (Å²) in [6.45, 7) is 3.57. The van der Waals surface area contributed by atoms with Crippen LogP contribution in [0, 0.1) is 11.3 Å². The first-order valence-corrected chi connectivity index (χ1v) is 9.60. The lowest BCUT2D eigenvalue weighted by Gasteiger charge is -2.26. The summed E-state index contributed by atoms with van der Waals surface area (Å²) in [6, 6.07) is 13.4. The second-order valence-corrected chi connectivity index (χ2v) is 6.69. The van der Waals surface area contributed by atoms with Crippen molar-refractivity contribution in [3.63, 3.8) is 0 Å². The molecule has 148 valence electrons. The first-order valence-electron chi connectivity index (χ1n) is 9.06. The van der Waals surface area contributed by atoms with Gasteiger partial charge in [-0.1, -0.05) is 30.3 Å². The third kappa shape index (κ3) is 4.10. The number of halogens is 1. The fourth-order valence-electron chi connectivity index (χ4n) is 3.21. The highest BCUT2D eigenvalue weighted by atomic mass is 35.5. The van der Waals surface area contributed by atoms with E-state index < -0.39 is 11.9 Å². The highest BCUT2D eigenvalue weighted by molar-refractivity contribution is 6.17. The van der Waals surface area contributed by atoms with Crippen molar-refractivity contribution in [2.24, 2.45) is 5.73 Å². The Balaban J connectivity index is 2.01. The van der Waals surface area contributed by atoms with Crippen LogP contribution in [0.15, 0.2) is 65.4 Å². The van der Waals surface area contributed by atoms with Crippen molar-refractivity contribution in [3.8, 4) is 17.3 Å². The van der Waals surface area contributed by atoms with Crippen molar-refractivity contribution >= 4 is 17.6 Å². The number of alkyl halides is 1. The van der Waals surface area contributed by atoms with Gasteiger partial charge in [0.25, 0.3) is 0 Å².